The molecule has 0 aliphatic rings. The van der Waals surface area contributed by atoms with E-state index in [2.05, 4.69) is 20.4 Å². The van der Waals surface area contributed by atoms with Gasteiger partial charge in [0.15, 0.2) is 0 Å². The molecule has 0 unspecified atom stereocenters. The van der Waals surface area contributed by atoms with Crippen LogP contribution in [-0.2, 0) is 13.0 Å². The van der Waals surface area contributed by atoms with Crippen molar-refractivity contribution in [2.24, 2.45) is 0 Å². The Kier molecular flexibility index (Phi) is 4.60. The number of nitrogens with zero attached hydrogens (tertiary/aromatic N) is 4. The molecule has 0 atom stereocenters. The third-order valence-corrected chi connectivity index (χ3v) is 3.45. The molecular formula is C17H16FN5O. The van der Waals surface area contributed by atoms with E-state index in [4.69, 9.17) is 0 Å². The summed E-state index contributed by atoms with van der Waals surface area (Å²) >= 11 is 0. The normalized spacial score (nSPS) is 10.6. The molecule has 0 radical (unpaired) electrons. The van der Waals surface area contributed by atoms with E-state index in [1.165, 1.54) is 24.5 Å². The van der Waals surface area contributed by atoms with Gasteiger partial charge in [-0.3, -0.25) is 4.79 Å². The Hall–Kier alpha value is -3.09. The summed E-state index contributed by atoms with van der Waals surface area (Å²) in [6.45, 7) is 2.26. The first-order valence-electron chi connectivity index (χ1n) is 7.54. The molecule has 0 saturated heterocycles. The van der Waals surface area contributed by atoms with Crippen molar-refractivity contribution in [1.82, 2.24) is 25.1 Å². The van der Waals surface area contributed by atoms with E-state index in [0.717, 1.165) is 12.0 Å². The molecule has 3 aromatic rings. The second-order valence-corrected chi connectivity index (χ2v) is 5.20. The van der Waals surface area contributed by atoms with Crippen LogP contribution in [0.4, 0.5) is 4.39 Å². The maximum absolute atomic E-state index is 13.2. The fourth-order valence-electron chi connectivity index (χ4n) is 2.15. The summed E-state index contributed by atoms with van der Waals surface area (Å²) in [5.74, 6) is 0.118. The number of benzene rings is 1. The number of hydrogen-bond donors (Lipinski definition) is 1. The lowest BCUT2D eigenvalue weighted by Gasteiger charge is -2.04. The zero-order chi connectivity index (χ0) is 16.9. The number of hydrogen-bond acceptors (Lipinski definition) is 4. The van der Waals surface area contributed by atoms with Gasteiger partial charge in [-0.2, -0.15) is 5.10 Å². The summed E-state index contributed by atoms with van der Waals surface area (Å²) in [5.41, 5.74) is 1.83. The van der Waals surface area contributed by atoms with Crippen molar-refractivity contribution in [2.75, 3.05) is 0 Å². The number of rotatable bonds is 5. The zero-order valence-corrected chi connectivity index (χ0v) is 13.1. The van der Waals surface area contributed by atoms with Crippen molar-refractivity contribution < 1.29 is 9.18 Å². The van der Waals surface area contributed by atoms with E-state index >= 15 is 0 Å². The SMILES string of the molecule is CCc1ncc(C(=O)NCc2cnn(-c3cccc(F)c3)c2)cn1. The van der Waals surface area contributed by atoms with Gasteiger partial charge in [0.05, 0.1) is 17.4 Å². The van der Waals surface area contributed by atoms with Crippen molar-refractivity contribution in [3.05, 3.63) is 71.8 Å². The topological polar surface area (TPSA) is 72.7 Å². The van der Waals surface area contributed by atoms with E-state index in [0.29, 0.717) is 23.6 Å². The van der Waals surface area contributed by atoms with E-state index in [-0.39, 0.29) is 11.7 Å². The molecule has 6 nitrogen and oxygen atoms in total. The third kappa shape index (κ3) is 3.62. The lowest BCUT2D eigenvalue weighted by Crippen LogP contribution is -2.23. The Morgan fingerprint density at radius 1 is 1.25 bits per heavy atom. The summed E-state index contributed by atoms with van der Waals surface area (Å²) in [4.78, 5) is 20.3. The van der Waals surface area contributed by atoms with Gasteiger partial charge >= 0.3 is 0 Å². The van der Waals surface area contributed by atoms with Gasteiger partial charge < -0.3 is 5.32 Å². The molecule has 0 spiro atoms. The quantitative estimate of drug-likeness (QED) is 0.781. The summed E-state index contributed by atoms with van der Waals surface area (Å²) in [7, 11) is 0. The molecule has 7 heteroatoms. The highest BCUT2D eigenvalue weighted by Crippen LogP contribution is 2.10. The third-order valence-electron chi connectivity index (χ3n) is 3.45. The summed E-state index contributed by atoms with van der Waals surface area (Å²) < 4.78 is 14.8. The molecule has 3 rings (SSSR count). The van der Waals surface area contributed by atoms with Gasteiger partial charge in [0.1, 0.15) is 11.6 Å². The van der Waals surface area contributed by atoms with E-state index < -0.39 is 0 Å². The van der Waals surface area contributed by atoms with Crippen LogP contribution in [0.2, 0.25) is 0 Å². The number of halogens is 1. The Bertz CT molecular complexity index is 844. The van der Waals surface area contributed by atoms with E-state index in [1.54, 1.807) is 29.2 Å². The van der Waals surface area contributed by atoms with Gasteiger partial charge in [-0.1, -0.05) is 13.0 Å². The summed E-state index contributed by atoms with van der Waals surface area (Å²) in [6.07, 6.45) is 7.11. The minimum atomic E-state index is -0.326. The predicted octanol–water partition coefficient (Wildman–Crippen LogP) is 2.29. The number of nitrogens with one attached hydrogen (secondary N) is 1. The molecule has 0 aliphatic carbocycles. The summed E-state index contributed by atoms with van der Waals surface area (Å²) in [5, 5.41) is 6.96. The monoisotopic (exact) mass is 325 g/mol. The molecule has 24 heavy (non-hydrogen) atoms. The molecular weight excluding hydrogens is 309 g/mol. The van der Waals surface area contributed by atoms with E-state index in [9.17, 15) is 9.18 Å². The van der Waals surface area contributed by atoms with Crippen LogP contribution in [0.25, 0.3) is 5.69 Å². The second-order valence-electron chi connectivity index (χ2n) is 5.20. The molecule has 2 heterocycles. The molecule has 2 aromatic heterocycles. The second kappa shape index (κ2) is 6.99. The number of carbonyl (C=O) groups is 1. The average molecular weight is 325 g/mol. The number of aromatic nitrogens is 4. The van der Waals surface area contributed by atoms with Gasteiger partial charge in [0, 0.05) is 37.1 Å². The van der Waals surface area contributed by atoms with Gasteiger partial charge in [-0.05, 0) is 18.2 Å². The molecule has 1 N–H and O–H groups in total. The number of aryl methyl sites for hydroxylation is 1. The predicted molar refractivity (Wildman–Crippen MR) is 86.1 cm³/mol. The number of amides is 1. The van der Waals surface area contributed by atoms with Gasteiger partial charge in [-0.25, -0.2) is 19.0 Å². The van der Waals surface area contributed by atoms with E-state index in [1.807, 2.05) is 6.92 Å². The fourth-order valence-corrected chi connectivity index (χ4v) is 2.15. The first-order chi connectivity index (χ1) is 11.7. The van der Waals surface area contributed by atoms with Crippen LogP contribution in [-0.4, -0.2) is 25.7 Å². The smallest absolute Gasteiger partial charge is 0.254 e. The van der Waals surface area contributed by atoms with Crippen LogP contribution in [0.15, 0.2) is 49.1 Å². The van der Waals surface area contributed by atoms with Crippen LogP contribution in [0.3, 0.4) is 0 Å². The standard InChI is InChI=1S/C17H16FN5O/c1-2-16-19-9-13(10-20-16)17(24)21-7-12-8-22-23(11-12)15-5-3-4-14(18)6-15/h3-6,8-11H,2,7H2,1H3,(H,21,24). The molecule has 0 saturated carbocycles. The molecule has 0 aliphatic heterocycles. The van der Waals surface area contributed by atoms with Crippen LogP contribution < -0.4 is 5.32 Å². The average Bonchev–Trinajstić information content (AvgIpc) is 3.09. The van der Waals surface area contributed by atoms with Crippen molar-refractivity contribution in [1.29, 1.82) is 0 Å². The maximum atomic E-state index is 13.2. The molecule has 0 fully saturated rings. The molecule has 0 bridgehead atoms. The van der Waals surface area contributed by atoms with Gasteiger partial charge in [0.2, 0.25) is 0 Å². The molecule has 1 aromatic carbocycles. The van der Waals surface area contributed by atoms with Crippen LogP contribution in [0, 0.1) is 5.82 Å². The van der Waals surface area contributed by atoms with Crippen molar-refractivity contribution in [3.63, 3.8) is 0 Å². The van der Waals surface area contributed by atoms with Crippen molar-refractivity contribution >= 4 is 5.91 Å². The maximum Gasteiger partial charge on any atom is 0.254 e. The first-order valence-corrected chi connectivity index (χ1v) is 7.54. The molecule has 122 valence electrons. The Balaban J connectivity index is 1.63. The highest BCUT2D eigenvalue weighted by Gasteiger charge is 2.08. The van der Waals surface area contributed by atoms with Gasteiger partial charge in [0.25, 0.3) is 5.91 Å². The lowest BCUT2D eigenvalue weighted by atomic mass is 10.3. The van der Waals surface area contributed by atoms with Crippen LogP contribution in [0.5, 0.6) is 0 Å². The largest absolute Gasteiger partial charge is 0.348 e. The molecule has 1 amide bonds. The minimum absolute atomic E-state index is 0.254. The highest BCUT2D eigenvalue weighted by molar-refractivity contribution is 5.93. The lowest BCUT2D eigenvalue weighted by molar-refractivity contribution is 0.0950. The highest BCUT2D eigenvalue weighted by atomic mass is 19.1. The Morgan fingerprint density at radius 2 is 2.04 bits per heavy atom. The van der Waals surface area contributed by atoms with Crippen molar-refractivity contribution in [3.8, 4) is 5.69 Å². The number of carbonyl (C=O) groups excluding carboxylic acids is 1. The fraction of sp³-hybridized carbons (Fsp3) is 0.176. The van der Waals surface area contributed by atoms with Crippen molar-refractivity contribution in [2.45, 2.75) is 19.9 Å². The Labute approximate surface area is 138 Å². The first kappa shape index (κ1) is 15.8. The van der Waals surface area contributed by atoms with Crippen LogP contribution >= 0.6 is 0 Å². The van der Waals surface area contributed by atoms with Crippen LogP contribution in [0.1, 0.15) is 28.7 Å². The summed E-state index contributed by atoms with van der Waals surface area (Å²) in [6, 6.07) is 6.14. The zero-order valence-electron chi connectivity index (χ0n) is 13.1. The Morgan fingerprint density at radius 3 is 2.75 bits per heavy atom. The van der Waals surface area contributed by atoms with Gasteiger partial charge in [-0.15, -0.1) is 0 Å². The minimum Gasteiger partial charge on any atom is -0.348 e.